The molecule has 0 saturated heterocycles. The van der Waals surface area contributed by atoms with Gasteiger partial charge in [-0.05, 0) is 160 Å². The van der Waals surface area contributed by atoms with Crippen molar-refractivity contribution in [1.29, 1.82) is 0 Å². The summed E-state index contributed by atoms with van der Waals surface area (Å²) in [7, 11) is 3.33. The molecule has 2 heterocycles. The van der Waals surface area contributed by atoms with Crippen LogP contribution in [0.4, 0.5) is 10.3 Å². The Morgan fingerprint density at radius 2 is 0.960 bits per heavy atom. The summed E-state index contributed by atoms with van der Waals surface area (Å²) in [6.45, 7) is 0. The number of ether oxygens (including phenoxy) is 2. The van der Waals surface area contributed by atoms with Crippen LogP contribution in [-0.2, 0) is 9.59 Å². The standard InChI is InChI=1S/2C20H24N2O2S/c2*1-24-15-2-3-16-17(7-15)25-19(21-16)22-18(23)11-20-8-12-4-13(9-20)6-14(5-12)10-20/h2*2-3,7,12-14H,4-6,8-11H2,1H3,(H,21,22,23). The zero-order valence-corrected chi connectivity index (χ0v) is 30.8. The lowest BCUT2D eigenvalue weighted by Crippen LogP contribution is -2.47. The minimum atomic E-state index is 0.146. The number of fused-ring (bicyclic) bond motifs is 2. The summed E-state index contributed by atoms with van der Waals surface area (Å²) in [6, 6.07) is 11.6. The van der Waals surface area contributed by atoms with E-state index in [1.807, 2.05) is 36.4 Å². The van der Waals surface area contributed by atoms with Crippen molar-refractivity contribution >= 4 is 65.2 Å². The second-order valence-corrected chi connectivity index (χ2v) is 19.1. The van der Waals surface area contributed by atoms with Gasteiger partial charge < -0.3 is 20.1 Å². The van der Waals surface area contributed by atoms with Gasteiger partial charge in [0.25, 0.3) is 0 Å². The molecule has 0 spiro atoms. The number of hydrogen-bond donors (Lipinski definition) is 2. The van der Waals surface area contributed by atoms with Crippen molar-refractivity contribution in [2.45, 2.75) is 89.9 Å². The molecule has 8 saturated carbocycles. The SMILES string of the molecule is COc1ccc2nc(NC(=O)CC34CC5CC(CC(C5)C3)C4)sc2c1.COc1ccc2nc(NC(=O)CC34CC5CC(CC(C5)C3)C4)sc2c1. The molecular formula is C40H48N4O4S2. The highest BCUT2D eigenvalue weighted by atomic mass is 32.1. The fourth-order valence-electron chi connectivity index (χ4n) is 12.2. The topological polar surface area (TPSA) is 102 Å². The lowest BCUT2D eigenvalue weighted by molar-refractivity contribution is -0.125. The van der Waals surface area contributed by atoms with E-state index in [4.69, 9.17) is 9.47 Å². The molecule has 264 valence electrons. The number of carbonyl (C=O) groups excluding carboxylic acids is 2. The zero-order chi connectivity index (χ0) is 34.0. The van der Waals surface area contributed by atoms with Crippen LogP contribution in [0.5, 0.6) is 11.5 Å². The molecular weight excluding hydrogens is 665 g/mol. The largest absolute Gasteiger partial charge is 0.497 e. The predicted octanol–water partition coefficient (Wildman–Crippen LogP) is 9.70. The van der Waals surface area contributed by atoms with E-state index in [2.05, 4.69) is 20.6 Å². The van der Waals surface area contributed by atoms with Crippen LogP contribution >= 0.6 is 22.7 Å². The third kappa shape index (κ3) is 6.51. The Bertz CT molecular complexity index is 1720. The van der Waals surface area contributed by atoms with Crippen LogP contribution in [-0.4, -0.2) is 36.0 Å². The minimum absolute atomic E-state index is 0.146. The second-order valence-electron chi connectivity index (χ2n) is 17.0. The molecule has 50 heavy (non-hydrogen) atoms. The Morgan fingerprint density at radius 1 is 0.620 bits per heavy atom. The van der Waals surface area contributed by atoms with E-state index in [9.17, 15) is 9.59 Å². The maximum atomic E-state index is 12.7. The van der Waals surface area contributed by atoms with E-state index >= 15 is 0 Å². The van der Waals surface area contributed by atoms with Crippen LogP contribution in [0.15, 0.2) is 36.4 Å². The van der Waals surface area contributed by atoms with Gasteiger partial charge in [0.1, 0.15) is 11.5 Å². The van der Waals surface area contributed by atoms with Gasteiger partial charge in [-0.2, -0.15) is 0 Å². The van der Waals surface area contributed by atoms with Crippen LogP contribution < -0.4 is 20.1 Å². The van der Waals surface area contributed by atoms with E-state index in [-0.39, 0.29) is 22.6 Å². The molecule has 0 unspecified atom stereocenters. The van der Waals surface area contributed by atoms with E-state index in [0.29, 0.717) is 23.1 Å². The molecule has 0 aliphatic heterocycles. The molecule has 8 aliphatic rings. The summed E-state index contributed by atoms with van der Waals surface area (Å²) in [5.41, 5.74) is 2.38. The van der Waals surface area contributed by atoms with Gasteiger partial charge in [0, 0.05) is 12.8 Å². The maximum Gasteiger partial charge on any atom is 0.226 e. The van der Waals surface area contributed by atoms with Crippen molar-refractivity contribution in [1.82, 2.24) is 9.97 Å². The molecule has 2 amide bonds. The molecule has 2 aromatic heterocycles. The summed E-state index contributed by atoms with van der Waals surface area (Å²) >= 11 is 3.05. The monoisotopic (exact) mass is 712 g/mol. The Labute approximate surface area is 302 Å². The third-order valence-corrected chi connectivity index (χ3v) is 15.0. The van der Waals surface area contributed by atoms with Gasteiger partial charge in [0.15, 0.2) is 10.3 Å². The number of thiazole rings is 2. The van der Waals surface area contributed by atoms with Crippen LogP contribution in [0.1, 0.15) is 89.9 Å². The fourth-order valence-corrected chi connectivity index (χ4v) is 14.0. The Hall–Kier alpha value is -3.24. The van der Waals surface area contributed by atoms with Gasteiger partial charge in [-0.15, -0.1) is 0 Å². The van der Waals surface area contributed by atoms with Gasteiger partial charge in [0.05, 0.1) is 34.7 Å². The number of nitrogens with zero attached hydrogens (tertiary/aromatic N) is 2. The van der Waals surface area contributed by atoms with Crippen molar-refractivity contribution in [3.05, 3.63) is 36.4 Å². The number of aromatic nitrogens is 2. The first-order chi connectivity index (χ1) is 24.2. The molecule has 0 atom stereocenters. The van der Waals surface area contributed by atoms with E-state index in [0.717, 1.165) is 67.4 Å². The second kappa shape index (κ2) is 12.8. The van der Waals surface area contributed by atoms with Crippen LogP contribution in [0.2, 0.25) is 0 Å². The summed E-state index contributed by atoms with van der Waals surface area (Å²) in [4.78, 5) is 34.6. The van der Waals surface area contributed by atoms with Crippen molar-refractivity contribution in [3.8, 4) is 11.5 Å². The average molecular weight is 713 g/mol. The van der Waals surface area contributed by atoms with Gasteiger partial charge >= 0.3 is 0 Å². The Kier molecular flexibility index (Phi) is 8.33. The van der Waals surface area contributed by atoms with Crippen LogP contribution in [0, 0.1) is 46.3 Å². The van der Waals surface area contributed by atoms with Crippen molar-refractivity contribution < 1.29 is 19.1 Å². The first kappa shape index (κ1) is 32.7. The number of nitrogens with one attached hydrogen (secondary N) is 2. The summed E-state index contributed by atoms with van der Waals surface area (Å²) in [5, 5.41) is 7.56. The number of benzene rings is 2. The number of rotatable bonds is 8. The smallest absolute Gasteiger partial charge is 0.226 e. The zero-order valence-electron chi connectivity index (χ0n) is 29.2. The fraction of sp³-hybridized carbons (Fsp3) is 0.600. The number of anilines is 2. The van der Waals surface area contributed by atoms with Gasteiger partial charge in [-0.25, -0.2) is 9.97 Å². The first-order valence-corrected chi connectivity index (χ1v) is 20.3. The number of hydrogen-bond acceptors (Lipinski definition) is 8. The maximum absolute atomic E-state index is 12.7. The summed E-state index contributed by atoms with van der Waals surface area (Å²) < 4.78 is 12.6. The van der Waals surface area contributed by atoms with Gasteiger partial charge in [-0.3, -0.25) is 9.59 Å². The third-order valence-electron chi connectivity index (χ3n) is 13.1. The van der Waals surface area contributed by atoms with Gasteiger partial charge in [-0.1, -0.05) is 22.7 Å². The molecule has 8 bridgehead atoms. The lowest BCUT2D eigenvalue weighted by atomic mass is 9.49. The molecule has 8 nitrogen and oxygen atoms in total. The molecule has 2 aromatic carbocycles. The number of methoxy groups -OCH3 is 2. The van der Waals surface area contributed by atoms with Crippen molar-refractivity contribution in [2.75, 3.05) is 24.9 Å². The molecule has 12 rings (SSSR count). The first-order valence-electron chi connectivity index (χ1n) is 18.7. The molecule has 2 N–H and O–H groups in total. The number of amides is 2. The Morgan fingerprint density at radius 3 is 1.28 bits per heavy atom. The molecule has 10 heteroatoms. The average Bonchev–Trinajstić information content (AvgIpc) is 3.64. The van der Waals surface area contributed by atoms with Crippen LogP contribution in [0.25, 0.3) is 20.4 Å². The van der Waals surface area contributed by atoms with E-state index in [1.54, 1.807) is 14.2 Å². The predicted molar refractivity (Wildman–Crippen MR) is 200 cm³/mol. The van der Waals surface area contributed by atoms with Crippen molar-refractivity contribution in [2.24, 2.45) is 46.3 Å². The highest BCUT2D eigenvalue weighted by molar-refractivity contribution is 7.22. The molecule has 0 radical (unpaired) electrons. The van der Waals surface area contributed by atoms with Gasteiger partial charge in [0.2, 0.25) is 11.8 Å². The normalized spacial score (nSPS) is 32.9. The van der Waals surface area contributed by atoms with E-state index in [1.165, 1.54) is 99.7 Å². The number of carbonyl (C=O) groups is 2. The minimum Gasteiger partial charge on any atom is -0.497 e. The lowest BCUT2D eigenvalue weighted by Gasteiger charge is -2.56. The Balaban J connectivity index is 0.000000135. The molecule has 4 aromatic rings. The summed E-state index contributed by atoms with van der Waals surface area (Å²) in [5.74, 6) is 7.24. The quantitative estimate of drug-likeness (QED) is 0.189. The van der Waals surface area contributed by atoms with E-state index < -0.39 is 0 Å². The molecule has 8 fully saturated rings. The van der Waals surface area contributed by atoms with Crippen LogP contribution in [0.3, 0.4) is 0 Å². The summed E-state index contributed by atoms with van der Waals surface area (Å²) in [6.07, 6.45) is 17.5. The van der Waals surface area contributed by atoms with Crippen molar-refractivity contribution in [3.63, 3.8) is 0 Å². The molecule has 8 aliphatic carbocycles. The highest BCUT2D eigenvalue weighted by Gasteiger charge is 2.52. The highest BCUT2D eigenvalue weighted by Crippen LogP contribution is 2.62.